The zero-order valence-electron chi connectivity index (χ0n) is 8.74. The van der Waals surface area contributed by atoms with Crippen LogP contribution in [0, 0.1) is 0 Å². The third-order valence-corrected chi connectivity index (χ3v) is 3.48. The van der Waals surface area contributed by atoms with Crippen LogP contribution in [0.1, 0.15) is 17.9 Å². The van der Waals surface area contributed by atoms with E-state index in [-0.39, 0.29) is 23.2 Å². The summed E-state index contributed by atoms with van der Waals surface area (Å²) in [6.45, 7) is 0. The number of hydrogen-bond acceptors (Lipinski definition) is 2. The number of hydrogen-bond donors (Lipinski definition) is 1. The maximum Gasteiger partial charge on any atom is 0.225 e. The largest absolute Gasteiger partial charge is 0.763 e. The zero-order valence-corrected chi connectivity index (χ0v) is 11.1. The lowest BCUT2D eigenvalue weighted by molar-refractivity contribution is -0.120. The monoisotopic (exact) mass is 307 g/mol. The average Bonchev–Trinajstić information content (AvgIpc) is 2.29. The van der Waals surface area contributed by atoms with Gasteiger partial charge < -0.3 is 10.7 Å². The standard InChI is InChI=1S/C12H8BrN2OS/c13-8-3-1-7(2-4-8)9-5-11(16)15-12(17)10(9)6-14/h1-4,9H,5H2,(H,15,16,17)/q-1/t9-/m1/s1. The third kappa shape index (κ3) is 2.52. The van der Waals surface area contributed by atoms with E-state index in [1.165, 1.54) is 0 Å². The quantitative estimate of drug-likeness (QED) is 0.492. The summed E-state index contributed by atoms with van der Waals surface area (Å²) in [5.74, 6) is 1.72. The molecule has 0 aromatic heterocycles. The summed E-state index contributed by atoms with van der Waals surface area (Å²) in [6.07, 6.45) is 0.269. The van der Waals surface area contributed by atoms with Gasteiger partial charge >= 0.3 is 0 Å². The summed E-state index contributed by atoms with van der Waals surface area (Å²) in [6, 6.07) is 7.57. The second-order valence-electron chi connectivity index (χ2n) is 3.71. The van der Waals surface area contributed by atoms with Crippen LogP contribution in [0.2, 0.25) is 0 Å². The van der Waals surface area contributed by atoms with Crippen LogP contribution in [0.15, 0.2) is 34.3 Å². The summed E-state index contributed by atoms with van der Waals surface area (Å²) in [5, 5.41) is 11.6. The fourth-order valence-electron chi connectivity index (χ4n) is 1.80. The molecule has 1 aliphatic rings. The lowest BCUT2D eigenvalue weighted by Crippen LogP contribution is -2.38. The highest BCUT2D eigenvalue weighted by Crippen LogP contribution is 2.30. The summed E-state index contributed by atoms with van der Waals surface area (Å²) >= 11 is 8.35. The number of thiocarbonyl (C=S) groups is 1. The first-order valence-electron chi connectivity index (χ1n) is 4.98. The Morgan fingerprint density at radius 3 is 2.65 bits per heavy atom. The molecule has 0 bridgehead atoms. The number of rotatable bonds is 1. The van der Waals surface area contributed by atoms with E-state index in [9.17, 15) is 4.79 Å². The molecule has 86 valence electrons. The second kappa shape index (κ2) is 4.92. The van der Waals surface area contributed by atoms with Gasteiger partial charge in [0.25, 0.3) is 0 Å². The Bertz CT molecular complexity index is 532. The van der Waals surface area contributed by atoms with Gasteiger partial charge in [-0.2, -0.15) is 0 Å². The van der Waals surface area contributed by atoms with Crippen LogP contribution in [0.5, 0.6) is 0 Å². The van der Waals surface area contributed by atoms with Gasteiger partial charge in [0, 0.05) is 22.4 Å². The highest BCUT2D eigenvalue weighted by molar-refractivity contribution is 9.10. The molecule has 0 spiro atoms. The number of halogens is 1. The molecule has 3 nitrogen and oxygen atoms in total. The smallest absolute Gasteiger partial charge is 0.225 e. The van der Waals surface area contributed by atoms with Crippen molar-refractivity contribution < 1.29 is 4.79 Å². The molecule has 1 aromatic carbocycles. The van der Waals surface area contributed by atoms with Crippen LogP contribution in [0.25, 0.3) is 5.41 Å². The molecule has 2 rings (SSSR count). The lowest BCUT2D eigenvalue weighted by atomic mass is 9.86. The number of nitrogens with zero attached hydrogens (tertiary/aromatic N) is 1. The molecular formula is C12H8BrN2OS-. The van der Waals surface area contributed by atoms with E-state index < -0.39 is 0 Å². The molecule has 1 saturated heterocycles. The molecule has 0 unspecified atom stereocenters. The molecule has 1 heterocycles. The molecule has 0 saturated carbocycles. The van der Waals surface area contributed by atoms with Crippen LogP contribution in [0.4, 0.5) is 0 Å². The van der Waals surface area contributed by atoms with Crippen LogP contribution in [0.3, 0.4) is 0 Å². The number of benzene rings is 1. The van der Waals surface area contributed by atoms with Gasteiger partial charge in [0.15, 0.2) is 0 Å². The normalized spacial score (nSPS) is 19.8. The van der Waals surface area contributed by atoms with Crippen molar-refractivity contribution in [2.75, 3.05) is 0 Å². The molecule has 1 atom stereocenters. The van der Waals surface area contributed by atoms with Crippen molar-refractivity contribution in [3.8, 4) is 0 Å². The van der Waals surface area contributed by atoms with Crippen molar-refractivity contribution in [3.05, 3.63) is 45.3 Å². The molecule has 17 heavy (non-hydrogen) atoms. The Morgan fingerprint density at radius 1 is 1.41 bits per heavy atom. The molecule has 0 aliphatic carbocycles. The molecule has 5 heteroatoms. The predicted octanol–water partition coefficient (Wildman–Crippen LogP) is 2.55. The van der Waals surface area contributed by atoms with Crippen LogP contribution < -0.4 is 5.32 Å². The number of amides is 1. The third-order valence-electron chi connectivity index (χ3n) is 2.63. The van der Waals surface area contributed by atoms with Crippen molar-refractivity contribution in [3.63, 3.8) is 0 Å². The zero-order chi connectivity index (χ0) is 12.4. The Morgan fingerprint density at radius 2 is 2.06 bits per heavy atom. The van der Waals surface area contributed by atoms with Gasteiger partial charge in [-0.25, -0.2) is 0 Å². The van der Waals surface area contributed by atoms with Crippen molar-refractivity contribution >= 4 is 44.9 Å². The maximum atomic E-state index is 11.5. The summed E-state index contributed by atoms with van der Waals surface area (Å²) in [5.41, 5.74) is 1.39. The lowest BCUT2D eigenvalue weighted by Gasteiger charge is -2.26. The number of carbonyl (C=O) groups excluding carboxylic acids is 1. The van der Waals surface area contributed by atoms with Gasteiger partial charge in [0.05, 0.1) is 0 Å². The van der Waals surface area contributed by atoms with Crippen molar-refractivity contribution in [1.82, 2.24) is 5.32 Å². The Balaban J connectivity index is 2.41. The van der Waals surface area contributed by atoms with Gasteiger partial charge in [0.1, 0.15) is 4.99 Å². The molecule has 1 aromatic rings. The average molecular weight is 308 g/mol. The SMILES string of the molecule is [N-]=C=C1C(=S)NC(=O)C[C@@H]1c1ccc(Br)cc1. The second-order valence-corrected chi connectivity index (χ2v) is 5.03. The van der Waals surface area contributed by atoms with Gasteiger partial charge in [-0.3, -0.25) is 10.7 Å². The Kier molecular flexibility index (Phi) is 3.52. The first-order chi connectivity index (χ1) is 8.11. The van der Waals surface area contributed by atoms with E-state index in [0.717, 1.165) is 10.0 Å². The van der Waals surface area contributed by atoms with E-state index in [4.69, 9.17) is 17.6 Å². The molecule has 1 amide bonds. The predicted molar refractivity (Wildman–Crippen MR) is 74.1 cm³/mol. The van der Waals surface area contributed by atoms with E-state index >= 15 is 0 Å². The van der Waals surface area contributed by atoms with Gasteiger partial charge in [-0.05, 0) is 17.7 Å². The molecule has 1 aliphatic heterocycles. The summed E-state index contributed by atoms with van der Waals surface area (Å²) in [7, 11) is 0. The van der Waals surface area contributed by atoms with E-state index in [1.807, 2.05) is 24.3 Å². The molecular weight excluding hydrogens is 300 g/mol. The van der Waals surface area contributed by atoms with Gasteiger partial charge in [0.2, 0.25) is 5.91 Å². The van der Waals surface area contributed by atoms with Crippen LogP contribution >= 0.6 is 28.1 Å². The first-order valence-corrected chi connectivity index (χ1v) is 6.18. The van der Waals surface area contributed by atoms with Crippen molar-refractivity contribution in [2.24, 2.45) is 0 Å². The van der Waals surface area contributed by atoms with E-state index in [0.29, 0.717) is 5.57 Å². The molecule has 1 N–H and O–H groups in total. The van der Waals surface area contributed by atoms with Gasteiger partial charge in [-0.15, -0.1) is 0 Å². The minimum Gasteiger partial charge on any atom is -0.763 e. The topological polar surface area (TPSA) is 51.4 Å². The van der Waals surface area contributed by atoms with E-state index in [1.54, 1.807) is 0 Å². The molecule has 1 fully saturated rings. The Hall–Kier alpha value is -1.29. The fourth-order valence-corrected chi connectivity index (χ4v) is 2.37. The highest BCUT2D eigenvalue weighted by atomic mass is 79.9. The minimum atomic E-state index is -0.227. The fraction of sp³-hybridized carbons (Fsp3) is 0.167. The summed E-state index contributed by atoms with van der Waals surface area (Å²) in [4.78, 5) is 11.7. The van der Waals surface area contributed by atoms with Crippen molar-refractivity contribution in [2.45, 2.75) is 12.3 Å². The van der Waals surface area contributed by atoms with Crippen LogP contribution in [-0.2, 0) is 4.79 Å². The Labute approximate surface area is 113 Å². The maximum absolute atomic E-state index is 11.5. The number of nitrogens with one attached hydrogen (secondary N) is 1. The highest BCUT2D eigenvalue weighted by Gasteiger charge is 2.27. The first kappa shape index (κ1) is 12.2. The number of carbonyl (C=O) groups is 1. The van der Waals surface area contributed by atoms with E-state index in [2.05, 4.69) is 27.1 Å². The van der Waals surface area contributed by atoms with Crippen molar-refractivity contribution in [1.29, 1.82) is 0 Å². The summed E-state index contributed by atoms with van der Waals surface area (Å²) < 4.78 is 0.961. The molecule has 0 radical (unpaired) electrons. The van der Waals surface area contributed by atoms with Crippen LogP contribution in [-0.4, -0.2) is 16.8 Å². The van der Waals surface area contributed by atoms with Gasteiger partial charge in [-0.1, -0.05) is 40.3 Å². The minimum absolute atomic E-state index is 0.137. The number of piperidine rings is 1.